The fraction of sp³-hybridized carbons (Fsp3) is 0.312. The highest BCUT2D eigenvalue weighted by Gasteiger charge is 2.28. The van der Waals surface area contributed by atoms with Gasteiger partial charge in [0.15, 0.2) is 5.82 Å². The molecule has 0 aliphatic heterocycles. The summed E-state index contributed by atoms with van der Waals surface area (Å²) in [6.07, 6.45) is 6.05. The highest BCUT2D eigenvalue weighted by molar-refractivity contribution is 5.88. The van der Waals surface area contributed by atoms with Gasteiger partial charge in [-0.1, -0.05) is 0 Å². The number of fused-ring (bicyclic) bond motifs is 1. The number of anilines is 2. The van der Waals surface area contributed by atoms with Crippen molar-refractivity contribution < 1.29 is 0 Å². The van der Waals surface area contributed by atoms with Crippen LogP contribution >= 0.6 is 0 Å². The molecule has 22 heavy (non-hydrogen) atoms. The molecule has 1 saturated carbocycles. The molecule has 0 amide bonds. The lowest BCUT2D eigenvalue weighted by molar-refractivity contribution is 0.770. The fourth-order valence-electron chi connectivity index (χ4n) is 2.89. The summed E-state index contributed by atoms with van der Waals surface area (Å²) in [6.45, 7) is 2.01. The minimum absolute atomic E-state index is 0.541. The van der Waals surface area contributed by atoms with Crippen molar-refractivity contribution in [1.82, 2.24) is 19.7 Å². The van der Waals surface area contributed by atoms with Crippen LogP contribution < -0.4 is 5.32 Å². The zero-order valence-electron chi connectivity index (χ0n) is 12.5. The molecule has 6 nitrogen and oxygen atoms in total. The molecule has 0 aromatic carbocycles. The number of aromatic nitrogens is 4. The minimum Gasteiger partial charge on any atom is -0.345 e. The Kier molecular flexibility index (Phi) is 2.70. The topological polar surface area (TPSA) is 82.3 Å². The van der Waals surface area contributed by atoms with Crippen LogP contribution in [0.15, 0.2) is 18.5 Å². The van der Waals surface area contributed by atoms with Gasteiger partial charge in [0.05, 0.1) is 5.56 Å². The van der Waals surface area contributed by atoms with E-state index in [9.17, 15) is 5.26 Å². The molecule has 3 aromatic rings. The molecule has 0 spiro atoms. The van der Waals surface area contributed by atoms with Crippen LogP contribution in [-0.2, 0) is 7.05 Å². The van der Waals surface area contributed by atoms with Gasteiger partial charge in [0.2, 0.25) is 0 Å². The molecule has 0 unspecified atom stereocenters. The summed E-state index contributed by atoms with van der Waals surface area (Å²) in [6, 6.07) is 4.31. The van der Waals surface area contributed by atoms with Crippen molar-refractivity contribution in [2.45, 2.75) is 25.7 Å². The summed E-state index contributed by atoms with van der Waals surface area (Å²) in [5.74, 6) is 2.12. The van der Waals surface area contributed by atoms with Gasteiger partial charge in [-0.05, 0) is 37.3 Å². The van der Waals surface area contributed by atoms with Crippen molar-refractivity contribution in [2.75, 3.05) is 5.32 Å². The molecule has 0 bridgehead atoms. The monoisotopic (exact) mass is 292 g/mol. The van der Waals surface area contributed by atoms with Crippen molar-refractivity contribution >= 4 is 22.7 Å². The van der Waals surface area contributed by atoms with Crippen molar-refractivity contribution in [2.24, 2.45) is 7.05 Å². The van der Waals surface area contributed by atoms with E-state index in [1.807, 2.05) is 20.2 Å². The summed E-state index contributed by atoms with van der Waals surface area (Å²) in [4.78, 5) is 7.70. The van der Waals surface area contributed by atoms with E-state index in [4.69, 9.17) is 0 Å². The average molecular weight is 292 g/mol. The number of nitrogens with one attached hydrogen (secondary N) is 2. The van der Waals surface area contributed by atoms with E-state index in [-0.39, 0.29) is 0 Å². The number of pyridine rings is 1. The summed E-state index contributed by atoms with van der Waals surface area (Å²) in [5, 5.41) is 17.9. The van der Waals surface area contributed by atoms with Gasteiger partial charge in [0, 0.05) is 30.4 Å². The number of hydrogen-bond acceptors (Lipinski definition) is 4. The van der Waals surface area contributed by atoms with E-state index in [1.165, 1.54) is 18.4 Å². The number of hydrogen-bond donors (Lipinski definition) is 2. The summed E-state index contributed by atoms with van der Waals surface area (Å²) in [5.41, 5.74) is 3.71. The third kappa shape index (κ3) is 2.02. The van der Waals surface area contributed by atoms with Crippen LogP contribution in [-0.4, -0.2) is 19.7 Å². The van der Waals surface area contributed by atoms with Crippen molar-refractivity contribution in [3.05, 3.63) is 35.2 Å². The second-order valence-electron chi connectivity index (χ2n) is 5.87. The summed E-state index contributed by atoms with van der Waals surface area (Å²) >= 11 is 0. The molecule has 1 aliphatic rings. The van der Waals surface area contributed by atoms with Crippen LogP contribution in [0.3, 0.4) is 0 Å². The predicted molar refractivity (Wildman–Crippen MR) is 84.0 cm³/mol. The van der Waals surface area contributed by atoms with E-state index in [1.54, 1.807) is 10.9 Å². The summed E-state index contributed by atoms with van der Waals surface area (Å²) < 4.78 is 1.78. The first-order valence-electron chi connectivity index (χ1n) is 7.35. The fourth-order valence-corrected chi connectivity index (χ4v) is 2.89. The normalized spacial score (nSPS) is 14.2. The van der Waals surface area contributed by atoms with Gasteiger partial charge in [0.25, 0.3) is 0 Å². The summed E-state index contributed by atoms with van der Waals surface area (Å²) in [7, 11) is 1.90. The van der Waals surface area contributed by atoms with E-state index < -0.39 is 0 Å². The Morgan fingerprint density at radius 1 is 1.45 bits per heavy atom. The Labute approximate surface area is 127 Å². The first-order valence-corrected chi connectivity index (χ1v) is 7.35. The predicted octanol–water partition coefficient (Wildman–Crippen LogP) is 3.10. The lowest BCUT2D eigenvalue weighted by Gasteiger charge is -2.08. The van der Waals surface area contributed by atoms with Crippen molar-refractivity contribution in [1.29, 1.82) is 5.26 Å². The maximum absolute atomic E-state index is 9.27. The number of nitriles is 1. The second-order valence-corrected chi connectivity index (χ2v) is 5.87. The third-order valence-electron chi connectivity index (χ3n) is 4.07. The molecule has 2 N–H and O–H groups in total. The molecule has 3 aromatic heterocycles. The number of nitrogens with zero attached hydrogens (tertiary/aromatic N) is 4. The molecule has 3 heterocycles. The first kappa shape index (κ1) is 12.9. The maximum Gasteiger partial charge on any atom is 0.156 e. The Morgan fingerprint density at radius 3 is 2.91 bits per heavy atom. The molecule has 4 rings (SSSR count). The SMILES string of the molecule is Cc1cn(C)nc1Nc1cc(C2CC2)c2c(C#N)c[nH]c2n1. The zero-order chi connectivity index (χ0) is 15.3. The molecule has 0 atom stereocenters. The van der Waals surface area contributed by atoms with Crippen LogP contribution in [0.25, 0.3) is 11.0 Å². The standard InChI is InChI=1S/C16H16N6/c1-9-8-22(2)21-15(9)19-13-5-12(10-3-4-10)14-11(6-17)7-18-16(14)20-13/h5,7-8,10H,3-4H2,1-2H3,(H2,18,19,20,21). The van der Waals surface area contributed by atoms with Gasteiger partial charge in [-0.25, -0.2) is 4.98 Å². The molecular formula is C16H16N6. The highest BCUT2D eigenvalue weighted by Crippen LogP contribution is 2.44. The van der Waals surface area contributed by atoms with Crippen LogP contribution in [0.4, 0.5) is 11.6 Å². The van der Waals surface area contributed by atoms with Crippen LogP contribution in [0, 0.1) is 18.3 Å². The van der Waals surface area contributed by atoms with E-state index >= 15 is 0 Å². The Balaban J connectivity index is 1.82. The molecule has 110 valence electrons. The number of aromatic amines is 1. The third-order valence-corrected chi connectivity index (χ3v) is 4.07. The van der Waals surface area contributed by atoms with Crippen LogP contribution in [0.5, 0.6) is 0 Å². The van der Waals surface area contributed by atoms with Crippen LogP contribution in [0.1, 0.15) is 35.4 Å². The smallest absolute Gasteiger partial charge is 0.156 e. The first-order chi connectivity index (χ1) is 10.7. The Bertz CT molecular complexity index is 907. The second kappa shape index (κ2) is 4.60. The van der Waals surface area contributed by atoms with Gasteiger partial charge in [-0.3, -0.25) is 4.68 Å². The average Bonchev–Trinajstić information content (AvgIpc) is 3.18. The number of H-pyrrole nitrogens is 1. The number of rotatable bonds is 3. The van der Waals surface area contributed by atoms with Crippen molar-refractivity contribution in [3.8, 4) is 6.07 Å². The van der Waals surface area contributed by atoms with Gasteiger partial charge in [-0.15, -0.1) is 0 Å². The van der Waals surface area contributed by atoms with Gasteiger partial charge in [0.1, 0.15) is 17.5 Å². The van der Waals surface area contributed by atoms with E-state index in [2.05, 4.69) is 32.5 Å². The maximum atomic E-state index is 9.27. The van der Waals surface area contributed by atoms with Gasteiger partial charge in [-0.2, -0.15) is 10.4 Å². The highest BCUT2D eigenvalue weighted by atomic mass is 15.3. The number of aryl methyl sites for hydroxylation is 2. The lowest BCUT2D eigenvalue weighted by Crippen LogP contribution is -1.99. The molecular weight excluding hydrogens is 276 g/mol. The molecule has 1 aliphatic carbocycles. The Hall–Kier alpha value is -2.81. The minimum atomic E-state index is 0.541. The molecule has 6 heteroatoms. The van der Waals surface area contributed by atoms with Crippen molar-refractivity contribution in [3.63, 3.8) is 0 Å². The lowest BCUT2D eigenvalue weighted by atomic mass is 10.1. The van der Waals surface area contributed by atoms with E-state index in [0.29, 0.717) is 11.5 Å². The van der Waals surface area contributed by atoms with Crippen LogP contribution in [0.2, 0.25) is 0 Å². The molecule has 0 saturated heterocycles. The zero-order valence-corrected chi connectivity index (χ0v) is 12.5. The largest absolute Gasteiger partial charge is 0.345 e. The molecule has 0 radical (unpaired) electrons. The van der Waals surface area contributed by atoms with Gasteiger partial charge < -0.3 is 10.3 Å². The Morgan fingerprint density at radius 2 is 2.27 bits per heavy atom. The molecule has 1 fully saturated rings. The van der Waals surface area contributed by atoms with Gasteiger partial charge >= 0.3 is 0 Å². The quantitative estimate of drug-likeness (QED) is 0.777. The van der Waals surface area contributed by atoms with E-state index in [0.717, 1.165) is 28.2 Å².